The molecule has 8 heteroatoms. The van der Waals surface area contributed by atoms with Crippen molar-refractivity contribution in [3.8, 4) is 5.69 Å². The standard InChI is InChI=1S/C15H10F3N3O2/c1-20-13(22)11-6-3-7-19-12(11)21(14(20)23)10-5-2-4-9(8-10)15(16,17)18/h2-8H,1H3. The Kier molecular flexibility index (Phi) is 3.32. The minimum atomic E-state index is -4.54. The van der Waals surface area contributed by atoms with Crippen LogP contribution in [0, 0.1) is 0 Å². The molecule has 0 radical (unpaired) electrons. The fraction of sp³-hybridized carbons (Fsp3) is 0.133. The summed E-state index contributed by atoms with van der Waals surface area (Å²) >= 11 is 0. The van der Waals surface area contributed by atoms with Gasteiger partial charge < -0.3 is 0 Å². The van der Waals surface area contributed by atoms with Gasteiger partial charge in [-0.05, 0) is 30.3 Å². The zero-order valence-electron chi connectivity index (χ0n) is 11.8. The third-order valence-corrected chi connectivity index (χ3v) is 3.44. The van der Waals surface area contributed by atoms with Gasteiger partial charge in [-0.15, -0.1) is 0 Å². The monoisotopic (exact) mass is 321 g/mol. The van der Waals surface area contributed by atoms with E-state index in [1.54, 1.807) is 0 Å². The molecule has 3 rings (SSSR count). The molecule has 0 fully saturated rings. The molecule has 0 saturated carbocycles. The number of alkyl halides is 3. The van der Waals surface area contributed by atoms with Crippen molar-refractivity contribution in [1.82, 2.24) is 14.1 Å². The van der Waals surface area contributed by atoms with E-state index in [1.807, 2.05) is 0 Å². The molecule has 0 unspecified atom stereocenters. The maximum atomic E-state index is 12.9. The second kappa shape index (κ2) is 5.08. The van der Waals surface area contributed by atoms with Crippen LogP contribution in [0.1, 0.15) is 5.56 Å². The molecule has 2 aromatic heterocycles. The minimum Gasteiger partial charge on any atom is -0.268 e. The number of halogens is 3. The van der Waals surface area contributed by atoms with Gasteiger partial charge in [-0.25, -0.2) is 14.3 Å². The summed E-state index contributed by atoms with van der Waals surface area (Å²) in [6.45, 7) is 0. The van der Waals surface area contributed by atoms with Crippen molar-refractivity contribution in [2.24, 2.45) is 7.05 Å². The van der Waals surface area contributed by atoms with Gasteiger partial charge >= 0.3 is 11.9 Å². The van der Waals surface area contributed by atoms with Crippen molar-refractivity contribution < 1.29 is 13.2 Å². The minimum absolute atomic E-state index is 0.0101. The van der Waals surface area contributed by atoms with Gasteiger partial charge in [0, 0.05) is 13.2 Å². The Bertz CT molecular complexity index is 1020. The highest BCUT2D eigenvalue weighted by Gasteiger charge is 2.30. The molecule has 0 aliphatic carbocycles. The molecular formula is C15H10F3N3O2. The van der Waals surface area contributed by atoms with Gasteiger partial charge in [0.05, 0.1) is 16.6 Å². The first kappa shape index (κ1) is 15.0. The van der Waals surface area contributed by atoms with Gasteiger partial charge in [-0.3, -0.25) is 9.36 Å². The second-order valence-electron chi connectivity index (χ2n) is 4.90. The van der Waals surface area contributed by atoms with E-state index in [4.69, 9.17) is 0 Å². The van der Waals surface area contributed by atoms with E-state index in [2.05, 4.69) is 4.98 Å². The van der Waals surface area contributed by atoms with Gasteiger partial charge in [-0.1, -0.05) is 6.07 Å². The molecule has 2 heterocycles. The summed E-state index contributed by atoms with van der Waals surface area (Å²) in [4.78, 5) is 28.4. The molecule has 0 bridgehead atoms. The molecule has 23 heavy (non-hydrogen) atoms. The first-order valence-corrected chi connectivity index (χ1v) is 6.55. The zero-order chi connectivity index (χ0) is 16.8. The number of aromatic nitrogens is 3. The Morgan fingerprint density at radius 1 is 1.09 bits per heavy atom. The Labute approximate surface area is 127 Å². The van der Waals surface area contributed by atoms with Crippen LogP contribution >= 0.6 is 0 Å². The highest BCUT2D eigenvalue weighted by atomic mass is 19.4. The number of pyridine rings is 1. The number of hydrogen-bond acceptors (Lipinski definition) is 3. The maximum Gasteiger partial charge on any atom is 0.416 e. The lowest BCUT2D eigenvalue weighted by atomic mass is 10.2. The van der Waals surface area contributed by atoms with Gasteiger partial charge in [0.25, 0.3) is 5.56 Å². The molecule has 0 saturated heterocycles. The largest absolute Gasteiger partial charge is 0.416 e. The van der Waals surface area contributed by atoms with E-state index in [9.17, 15) is 22.8 Å². The average molecular weight is 321 g/mol. The van der Waals surface area contributed by atoms with E-state index in [0.717, 1.165) is 21.3 Å². The van der Waals surface area contributed by atoms with Crippen LogP contribution in [0.2, 0.25) is 0 Å². The SMILES string of the molecule is Cn1c(=O)c2cccnc2n(-c2cccc(C(F)(F)F)c2)c1=O. The first-order chi connectivity index (χ1) is 10.8. The van der Waals surface area contributed by atoms with E-state index in [1.165, 1.54) is 37.5 Å². The maximum absolute atomic E-state index is 12.9. The van der Waals surface area contributed by atoms with Crippen molar-refractivity contribution in [3.63, 3.8) is 0 Å². The Hall–Kier alpha value is -2.90. The summed E-state index contributed by atoms with van der Waals surface area (Å²) < 4.78 is 40.5. The summed E-state index contributed by atoms with van der Waals surface area (Å²) in [6, 6.07) is 7.30. The van der Waals surface area contributed by atoms with Crippen LogP contribution in [0.3, 0.4) is 0 Å². The van der Waals surface area contributed by atoms with Crippen molar-refractivity contribution in [1.29, 1.82) is 0 Å². The summed E-state index contributed by atoms with van der Waals surface area (Å²) in [5.41, 5.74) is -2.20. The molecule has 1 aromatic carbocycles. The number of hydrogen-bond donors (Lipinski definition) is 0. The highest BCUT2D eigenvalue weighted by molar-refractivity contribution is 5.75. The molecule has 0 spiro atoms. The Morgan fingerprint density at radius 3 is 2.52 bits per heavy atom. The zero-order valence-corrected chi connectivity index (χ0v) is 11.8. The third-order valence-electron chi connectivity index (χ3n) is 3.44. The second-order valence-corrected chi connectivity index (χ2v) is 4.90. The molecule has 118 valence electrons. The molecule has 0 N–H and O–H groups in total. The third kappa shape index (κ3) is 2.41. The fourth-order valence-electron chi connectivity index (χ4n) is 2.30. The quantitative estimate of drug-likeness (QED) is 0.690. The van der Waals surface area contributed by atoms with Gasteiger partial charge in [0.2, 0.25) is 0 Å². The Balaban J connectivity index is 2.42. The van der Waals surface area contributed by atoms with Crippen LogP contribution < -0.4 is 11.2 Å². The van der Waals surface area contributed by atoms with Crippen LogP contribution in [0.25, 0.3) is 16.7 Å². The number of benzene rings is 1. The summed E-state index contributed by atoms with van der Waals surface area (Å²) in [5.74, 6) is 0. The van der Waals surface area contributed by atoms with E-state index in [0.29, 0.717) is 0 Å². The molecule has 3 aromatic rings. The molecular weight excluding hydrogens is 311 g/mol. The van der Waals surface area contributed by atoms with E-state index < -0.39 is 23.0 Å². The Morgan fingerprint density at radius 2 is 1.83 bits per heavy atom. The number of rotatable bonds is 1. The van der Waals surface area contributed by atoms with Crippen LogP contribution in [0.15, 0.2) is 52.2 Å². The number of fused-ring (bicyclic) bond motifs is 1. The normalized spacial score (nSPS) is 11.8. The predicted molar refractivity (Wildman–Crippen MR) is 77.6 cm³/mol. The van der Waals surface area contributed by atoms with Crippen molar-refractivity contribution in [2.45, 2.75) is 6.18 Å². The first-order valence-electron chi connectivity index (χ1n) is 6.55. The van der Waals surface area contributed by atoms with Gasteiger partial charge in [0.1, 0.15) is 0 Å². The average Bonchev–Trinajstić information content (AvgIpc) is 2.52. The summed E-state index contributed by atoms with van der Waals surface area (Å²) in [7, 11) is 1.27. The van der Waals surface area contributed by atoms with Crippen molar-refractivity contribution in [2.75, 3.05) is 0 Å². The lowest BCUT2D eigenvalue weighted by Gasteiger charge is -2.13. The van der Waals surface area contributed by atoms with Gasteiger partial charge in [-0.2, -0.15) is 13.2 Å². The smallest absolute Gasteiger partial charge is 0.268 e. The van der Waals surface area contributed by atoms with E-state index in [-0.39, 0.29) is 16.7 Å². The van der Waals surface area contributed by atoms with Gasteiger partial charge in [0.15, 0.2) is 5.65 Å². The van der Waals surface area contributed by atoms with E-state index >= 15 is 0 Å². The number of nitrogens with zero attached hydrogens (tertiary/aromatic N) is 3. The summed E-state index contributed by atoms with van der Waals surface area (Å²) in [5, 5.41) is 0.145. The lowest BCUT2D eigenvalue weighted by Crippen LogP contribution is -2.37. The van der Waals surface area contributed by atoms with Crippen LogP contribution in [0.4, 0.5) is 13.2 Å². The van der Waals surface area contributed by atoms with Crippen LogP contribution in [-0.2, 0) is 13.2 Å². The van der Waals surface area contributed by atoms with Crippen molar-refractivity contribution >= 4 is 11.0 Å². The molecule has 5 nitrogen and oxygen atoms in total. The molecule has 0 aliphatic rings. The van der Waals surface area contributed by atoms with Crippen LogP contribution in [0.5, 0.6) is 0 Å². The molecule has 0 atom stereocenters. The predicted octanol–water partition coefficient (Wildman–Crippen LogP) is 2.10. The molecule has 0 amide bonds. The fourth-order valence-corrected chi connectivity index (χ4v) is 2.30. The molecule has 0 aliphatic heterocycles. The highest BCUT2D eigenvalue weighted by Crippen LogP contribution is 2.30. The summed E-state index contributed by atoms with van der Waals surface area (Å²) in [6.07, 6.45) is -3.17. The lowest BCUT2D eigenvalue weighted by molar-refractivity contribution is -0.137. The topological polar surface area (TPSA) is 56.9 Å². The van der Waals surface area contributed by atoms with Crippen molar-refractivity contribution in [3.05, 3.63) is 69.0 Å². The van der Waals surface area contributed by atoms with Crippen LogP contribution in [-0.4, -0.2) is 14.1 Å².